The van der Waals surface area contributed by atoms with Crippen LogP contribution >= 0.6 is 15.9 Å². The summed E-state index contributed by atoms with van der Waals surface area (Å²) in [5, 5.41) is 0. The minimum atomic E-state index is -0.364. The van der Waals surface area contributed by atoms with Crippen LogP contribution in [0.4, 0.5) is 4.39 Å². The molecule has 0 unspecified atom stereocenters. The van der Waals surface area contributed by atoms with Crippen molar-refractivity contribution in [1.82, 2.24) is 4.98 Å². The summed E-state index contributed by atoms with van der Waals surface area (Å²) in [6, 6.07) is 1.83. The minimum Gasteiger partial charge on any atom is -0.212 e. The molecule has 0 aliphatic heterocycles. The van der Waals surface area contributed by atoms with E-state index in [1.165, 1.54) is 0 Å². The summed E-state index contributed by atoms with van der Waals surface area (Å²) >= 11 is 3.15. The van der Waals surface area contributed by atoms with Crippen LogP contribution in [0.2, 0.25) is 0 Å². The Hall–Kier alpha value is -0.440. The Bertz CT molecular complexity index is 274. The number of halogens is 2. The third-order valence-electron chi connectivity index (χ3n) is 1.77. The third-order valence-corrected chi connectivity index (χ3v) is 2.17. The molecular weight excluding hydrogens is 221 g/mol. The van der Waals surface area contributed by atoms with Crippen molar-refractivity contribution in [3.05, 3.63) is 27.7 Å². The highest BCUT2D eigenvalue weighted by atomic mass is 79.9. The lowest BCUT2D eigenvalue weighted by Crippen LogP contribution is -2.00. The first-order valence-electron chi connectivity index (χ1n) is 3.85. The van der Waals surface area contributed by atoms with Crippen LogP contribution in [0.3, 0.4) is 0 Å². The molecule has 0 spiro atoms. The second kappa shape index (κ2) is 3.52. The van der Waals surface area contributed by atoms with Gasteiger partial charge in [-0.3, -0.25) is 0 Å². The lowest BCUT2D eigenvalue weighted by Gasteiger charge is -2.09. The first-order chi connectivity index (χ1) is 5.52. The maximum atomic E-state index is 13.2. The normalized spacial score (nSPS) is 10.8. The van der Waals surface area contributed by atoms with Gasteiger partial charge in [0.2, 0.25) is 5.95 Å². The quantitative estimate of drug-likeness (QED) is 0.676. The summed E-state index contributed by atoms with van der Waals surface area (Å²) in [4.78, 5) is 3.71. The molecule has 0 amide bonds. The molecule has 66 valence electrons. The van der Waals surface area contributed by atoms with Gasteiger partial charge in [-0.2, -0.15) is 4.39 Å². The third kappa shape index (κ3) is 1.83. The summed E-state index contributed by atoms with van der Waals surface area (Å²) in [6.45, 7) is 5.81. The van der Waals surface area contributed by atoms with Crippen LogP contribution in [0, 0.1) is 12.9 Å². The molecule has 1 aromatic rings. The number of aromatic nitrogens is 1. The Morgan fingerprint density at radius 3 is 2.50 bits per heavy atom. The molecule has 0 saturated heterocycles. The van der Waals surface area contributed by atoms with Crippen molar-refractivity contribution in [1.29, 1.82) is 0 Å². The van der Waals surface area contributed by atoms with E-state index in [0.717, 1.165) is 5.56 Å². The molecule has 0 aromatic carbocycles. The van der Waals surface area contributed by atoms with Crippen LogP contribution in [0.25, 0.3) is 0 Å². The zero-order chi connectivity index (χ0) is 9.30. The van der Waals surface area contributed by atoms with Crippen LogP contribution in [0.15, 0.2) is 10.7 Å². The van der Waals surface area contributed by atoms with E-state index in [9.17, 15) is 4.39 Å². The zero-order valence-electron chi connectivity index (χ0n) is 7.36. The average molecular weight is 232 g/mol. The summed E-state index contributed by atoms with van der Waals surface area (Å²) in [5.41, 5.74) is 1.66. The molecule has 1 aromatic heterocycles. The second-order valence-electron chi connectivity index (χ2n) is 3.12. The fourth-order valence-electron chi connectivity index (χ4n) is 1.30. The van der Waals surface area contributed by atoms with Gasteiger partial charge in [-0.05, 0) is 40.4 Å². The molecule has 1 nitrogen and oxygen atoms in total. The van der Waals surface area contributed by atoms with Crippen molar-refractivity contribution < 1.29 is 4.39 Å². The Balaban J connectivity index is 3.28. The van der Waals surface area contributed by atoms with E-state index in [-0.39, 0.29) is 11.9 Å². The van der Waals surface area contributed by atoms with E-state index in [4.69, 9.17) is 0 Å². The number of hydrogen-bond donors (Lipinski definition) is 0. The standard InChI is InChI=1S/C9H11BrFN/c1-5(2)8-6(3)4-7(10)12-9(8)11/h4-5H,1-3H3. The molecule has 0 N–H and O–H groups in total. The van der Waals surface area contributed by atoms with Crippen LogP contribution in [-0.2, 0) is 0 Å². The van der Waals surface area contributed by atoms with Gasteiger partial charge in [0.15, 0.2) is 0 Å². The van der Waals surface area contributed by atoms with E-state index >= 15 is 0 Å². The summed E-state index contributed by atoms with van der Waals surface area (Å²) in [7, 11) is 0. The summed E-state index contributed by atoms with van der Waals surface area (Å²) in [6.07, 6.45) is 0. The van der Waals surface area contributed by atoms with E-state index in [2.05, 4.69) is 20.9 Å². The van der Waals surface area contributed by atoms with Crippen molar-refractivity contribution in [2.45, 2.75) is 26.7 Å². The highest BCUT2D eigenvalue weighted by Crippen LogP contribution is 2.23. The topological polar surface area (TPSA) is 12.9 Å². The molecule has 1 heterocycles. The summed E-state index contributed by atoms with van der Waals surface area (Å²) in [5.74, 6) is -0.178. The van der Waals surface area contributed by atoms with Crippen molar-refractivity contribution in [2.24, 2.45) is 0 Å². The first-order valence-corrected chi connectivity index (χ1v) is 4.64. The number of rotatable bonds is 1. The number of aryl methyl sites for hydroxylation is 1. The van der Waals surface area contributed by atoms with Crippen molar-refractivity contribution >= 4 is 15.9 Å². The molecule has 0 atom stereocenters. The van der Waals surface area contributed by atoms with Gasteiger partial charge in [0, 0.05) is 5.56 Å². The van der Waals surface area contributed by atoms with E-state index < -0.39 is 0 Å². The number of nitrogens with zero attached hydrogens (tertiary/aromatic N) is 1. The first kappa shape index (κ1) is 9.65. The van der Waals surface area contributed by atoms with E-state index in [1.54, 1.807) is 0 Å². The monoisotopic (exact) mass is 231 g/mol. The maximum Gasteiger partial charge on any atom is 0.217 e. The lowest BCUT2D eigenvalue weighted by molar-refractivity contribution is 0.551. The molecule has 12 heavy (non-hydrogen) atoms. The largest absolute Gasteiger partial charge is 0.217 e. The fourth-order valence-corrected chi connectivity index (χ4v) is 1.80. The van der Waals surface area contributed by atoms with Gasteiger partial charge in [0.25, 0.3) is 0 Å². The van der Waals surface area contributed by atoms with Crippen molar-refractivity contribution in [3.63, 3.8) is 0 Å². The van der Waals surface area contributed by atoms with E-state index in [0.29, 0.717) is 10.2 Å². The van der Waals surface area contributed by atoms with Gasteiger partial charge in [-0.25, -0.2) is 4.98 Å². The van der Waals surface area contributed by atoms with Crippen LogP contribution in [-0.4, -0.2) is 4.98 Å². The Labute approximate surface area is 80.1 Å². The number of pyridine rings is 1. The maximum absolute atomic E-state index is 13.2. The predicted molar refractivity (Wildman–Crippen MR) is 50.7 cm³/mol. The average Bonchev–Trinajstić information content (AvgIpc) is 1.82. The molecule has 0 saturated carbocycles. The molecule has 0 fully saturated rings. The molecule has 0 radical (unpaired) electrons. The van der Waals surface area contributed by atoms with E-state index in [1.807, 2.05) is 26.8 Å². The molecule has 0 aliphatic rings. The molecule has 0 bridgehead atoms. The minimum absolute atomic E-state index is 0.186. The van der Waals surface area contributed by atoms with Gasteiger partial charge in [-0.15, -0.1) is 0 Å². The molecular formula is C9H11BrFN. The van der Waals surface area contributed by atoms with Gasteiger partial charge >= 0.3 is 0 Å². The van der Waals surface area contributed by atoms with Gasteiger partial charge < -0.3 is 0 Å². The Morgan fingerprint density at radius 2 is 2.08 bits per heavy atom. The smallest absolute Gasteiger partial charge is 0.212 e. The van der Waals surface area contributed by atoms with Crippen LogP contribution < -0.4 is 0 Å². The number of hydrogen-bond acceptors (Lipinski definition) is 1. The Kier molecular flexibility index (Phi) is 2.83. The SMILES string of the molecule is Cc1cc(Br)nc(F)c1C(C)C. The van der Waals surface area contributed by atoms with Crippen LogP contribution in [0.1, 0.15) is 30.9 Å². The molecule has 1 rings (SSSR count). The lowest BCUT2D eigenvalue weighted by atomic mass is 10.0. The van der Waals surface area contributed by atoms with Gasteiger partial charge in [-0.1, -0.05) is 13.8 Å². The Morgan fingerprint density at radius 1 is 1.50 bits per heavy atom. The van der Waals surface area contributed by atoms with Crippen molar-refractivity contribution in [2.75, 3.05) is 0 Å². The molecule has 0 aliphatic carbocycles. The van der Waals surface area contributed by atoms with Gasteiger partial charge in [0.05, 0.1) is 0 Å². The fraction of sp³-hybridized carbons (Fsp3) is 0.444. The van der Waals surface area contributed by atoms with Gasteiger partial charge in [0.1, 0.15) is 4.60 Å². The second-order valence-corrected chi connectivity index (χ2v) is 3.93. The predicted octanol–water partition coefficient (Wildman–Crippen LogP) is 3.42. The highest BCUT2D eigenvalue weighted by Gasteiger charge is 2.11. The summed E-state index contributed by atoms with van der Waals surface area (Å²) < 4.78 is 13.8. The highest BCUT2D eigenvalue weighted by molar-refractivity contribution is 9.10. The van der Waals surface area contributed by atoms with Crippen molar-refractivity contribution in [3.8, 4) is 0 Å². The van der Waals surface area contributed by atoms with Crippen LogP contribution in [0.5, 0.6) is 0 Å². The zero-order valence-corrected chi connectivity index (χ0v) is 8.94. The molecule has 3 heteroatoms.